The van der Waals surface area contributed by atoms with Gasteiger partial charge in [-0.3, -0.25) is 49.0 Å². The number of nitrogens with zero attached hydrogens (tertiary/aromatic N) is 3. The molecule has 338 valence electrons. The Morgan fingerprint density at radius 2 is 1.45 bits per heavy atom. The first-order valence-electron chi connectivity index (χ1n) is 21.7. The fraction of sp³-hybridized carbons (Fsp3) is 0.429. The largest absolute Gasteiger partial charge is 0.493 e. The van der Waals surface area contributed by atoms with Crippen LogP contribution < -0.4 is 14.8 Å². The van der Waals surface area contributed by atoms with E-state index in [9.17, 15) is 28.8 Å². The van der Waals surface area contributed by atoms with Crippen LogP contribution in [-0.2, 0) is 49.6 Å². The lowest BCUT2D eigenvalue weighted by Crippen LogP contribution is -2.35. The molecule has 4 aromatic rings. The lowest BCUT2D eigenvalue weighted by atomic mass is 9.94. The molecule has 0 bridgehead atoms. The zero-order valence-electron chi connectivity index (χ0n) is 37.2. The summed E-state index contributed by atoms with van der Waals surface area (Å²) in [6.45, 7) is 11.7. The number of rotatable bonds is 21. The van der Waals surface area contributed by atoms with E-state index in [4.69, 9.17) is 14.2 Å². The minimum absolute atomic E-state index is 0.0888. The lowest BCUT2D eigenvalue weighted by molar-refractivity contribution is -0.160. The number of ether oxygens (including phenoxy) is 3. The summed E-state index contributed by atoms with van der Waals surface area (Å²) >= 11 is 2.02. The van der Waals surface area contributed by atoms with E-state index in [0.717, 1.165) is 64.3 Å². The summed E-state index contributed by atoms with van der Waals surface area (Å²) in [5.41, 5.74) is 4.29. The van der Waals surface area contributed by atoms with Crippen LogP contribution >= 0.6 is 23.5 Å². The molecule has 1 N–H and O–H groups in total. The van der Waals surface area contributed by atoms with Crippen LogP contribution in [0.15, 0.2) is 85.2 Å². The molecule has 6 rings (SSSR count). The highest BCUT2D eigenvalue weighted by Gasteiger charge is 2.44. The minimum Gasteiger partial charge on any atom is -0.493 e. The van der Waals surface area contributed by atoms with Crippen molar-refractivity contribution in [3.8, 4) is 11.5 Å². The van der Waals surface area contributed by atoms with Gasteiger partial charge < -0.3 is 14.2 Å². The van der Waals surface area contributed by atoms with Crippen LogP contribution in [0.5, 0.6) is 11.5 Å². The number of hydrogen-bond acceptors (Lipinski definition) is 13. The fourth-order valence-electron chi connectivity index (χ4n) is 7.17. The van der Waals surface area contributed by atoms with Gasteiger partial charge in [-0.05, 0) is 118 Å². The topological polar surface area (TPSA) is 171 Å². The van der Waals surface area contributed by atoms with E-state index in [1.807, 2.05) is 74.5 Å². The molecule has 2 aliphatic rings. The van der Waals surface area contributed by atoms with Crippen LogP contribution in [0.25, 0.3) is 0 Å². The van der Waals surface area contributed by atoms with Crippen molar-refractivity contribution < 1.29 is 43.0 Å². The van der Waals surface area contributed by atoms with Gasteiger partial charge in [0.2, 0.25) is 11.8 Å². The Balaban J connectivity index is 1.00. The maximum Gasteiger partial charge on any atom is 0.311 e. The van der Waals surface area contributed by atoms with Gasteiger partial charge in [-0.2, -0.15) is 0 Å². The van der Waals surface area contributed by atoms with Crippen molar-refractivity contribution in [1.29, 1.82) is 0 Å². The first-order chi connectivity index (χ1) is 30.5. The van der Waals surface area contributed by atoms with Gasteiger partial charge in [-0.25, -0.2) is 0 Å². The van der Waals surface area contributed by atoms with Crippen LogP contribution in [0.1, 0.15) is 106 Å². The van der Waals surface area contributed by atoms with Crippen molar-refractivity contribution in [3.05, 3.63) is 119 Å². The Kier molecular flexibility index (Phi) is 16.0. The van der Waals surface area contributed by atoms with Crippen LogP contribution in [0.3, 0.4) is 0 Å². The number of aryl methyl sites for hydroxylation is 1. The average Bonchev–Trinajstić information content (AvgIpc) is 3.69. The quantitative estimate of drug-likeness (QED) is 0.0788. The molecule has 2 aromatic heterocycles. The van der Waals surface area contributed by atoms with Crippen LogP contribution in [0.4, 0.5) is 9.59 Å². The number of esters is 1. The molecule has 0 aliphatic carbocycles. The number of ketones is 1. The Hall–Kier alpha value is -5.54. The first kappa shape index (κ1) is 47.9. The van der Waals surface area contributed by atoms with Crippen molar-refractivity contribution in [2.75, 3.05) is 19.8 Å². The number of thioether (sulfide) groups is 2. The lowest BCUT2D eigenvalue weighted by Gasteiger charge is -2.24. The van der Waals surface area contributed by atoms with Gasteiger partial charge in [-0.15, -0.1) is 0 Å². The summed E-state index contributed by atoms with van der Waals surface area (Å²) in [6, 6.07) is 22.3. The van der Waals surface area contributed by atoms with Crippen molar-refractivity contribution in [3.63, 3.8) is 0 Å². The molecule has 2 aromatic carbocycles. The summed E-state index contributed by atoms with van der Waals surface area (Å²) in [5.74, 6) is 0.169. The molecule has 2 saturated heterocycles. The van der Waals surface area contributed by atoms with Crippen LogP contribution in [-0.4, -0.2) is 78.7 Å². The Labute approximate surface area is 383 Å². The maximum atomic E-state index is 13.5. The molecule has 13 nitrogen and oxygen atoms in total. The molecule has 0 spiro atoms. The molecule has 15 heteroatoms. The van der Waals surface area contributed by atoms with Gasteiger partial charge in [0.05, 0.1) is 17.3 Å². The molecule has 2 fully saturated rings. The molecule has 0 saturated carbocycles. The molecule has 4 heterocycles. The van der Waals surface area contributed by atoms with Crippen molar-refractivity contribution in [2.24, 2.45) is 5.41 Å². The molecule has 2 aliphatic heterocycles. The maximum absolute atomic E-state index is 13.5. The van der Waals surface area contributed by atoms with E-state index in [0.29, 0.717) is 42.9 Å². The summed E-state index contributed by atoms with van der Waals surface area (Å²) in [6.07, 6.45) is 6.21. The second-order valence-corrected chi connectivity index (χ2v) is 20.0. The van der Waals surface area contributed by atoms with E-state index >= 15 is 0 Å². The number of carbonyl (C=O) groups is 6. The SMILES string of the molecule is CCCC(=O)C[C@H](COc1ccc(CC2(C)SC(=O)NC2=O)cc1)c1ccc(CCN2C(=O)SC(Cc3ccc(OC[C@H](OC(=O)C(C)(C)C)c4ccc(CC)nc4)cc3)C2=O)nc1. The number of Topliss-reactive ketones (excluding diaryl/α,β-unsaturated/α-hetero) is 1. The number of hydrogen-bond donors (Lipinski definition) is 1. The van der Waals surface area contributed by atoms with Gasteiger partial charge in [0.25, 0.3) is 10.5 Å². The van der Waals surface area contributed by atoms with Gasteiger partial charge >= 0.3 is 5.97 Å². The molecule has 4 atom stereocenters. The standard InChI is InChI=1S/C49H56N4O9S2/c1-7-9-38(54)25-35(29-60-39-20-12-32(13-21-39)26-49(6)44(56)52-46(58)64-49)33-14-17-37(51-27-33)22-23-53-43(55)42(63-47(53)59)24-31-10-18-40(19-11-31)61-30-41(62-45(57)48(3,4)5)34-15-16-36(8-2)50-28-34/h10-21,27-28,35,41-42H,7-9,22-26,29-30H2,1-6H3,(H,52,56,58)/t35-,41+,42?,49?/m1/s1. The second-order valence-electron chi connectivity index (χ2n) is 17.3. The molecule has 4 amide bonds. The molecular weight excluding hydrogens is 853 g/mol. The normalized spacial score (nSPS) is 18.5. The number of benzene rings is 2. The van der Waals surface area contributed by atoms with Crippen molar-refractivity contribution in [1.82, 2.24) is 20.2 Å². The predicted octanol–water partition coefficient (Wildman–Crippen LogP) is 8.80. The third-order valence-electron chi connectivity index (χ3n) is 11.0. The third kappa shape index (κ3) is 12.8. The molecular formula is C49H56N4O9S2. The van der Waals surface area contributed by atoms with Gasteiger partial charge in [-0.1, -0.05) is 62.0 Å². The summed E-state index contributed by atoms with van der Waals surface area (Å²) in [7, 11) is 0. The Bertz CT molecular complexity index is 2300. The minimum atomic E-state index is -0.864. The number of pyridine rings is 2. The number of aromatic nitrogens is 2. The summed E-state index contributed by atoms with van der Waals surface area (Å²) in [5, 5.41) is 1.15. The summed E-state index contributed by atoms with van der Waals surface area (Å²) < 4.78 is 17.2. The van der Waals surface area contributed by atoms with E-state index in [2.05, 4.69) is 15.3 Å². The van der Waals surface area contributed by atoms with E-state index in [1.165, 1.54) is 4.90 Å². The third-order valence-corrected chi connectivity index (χ3v) is 13.2. The highest BCUT2D eigenvalue weighted by molar-refractivity contribution is 8.16. The van der Waals surface area contributed by atoms with Gasteiger partial charge in [0.1, 0.15) is 28.6 Å². The van der Waals surface area contributed by atoms with Crippen LogP contribution in [0.2, 0.25) is 0 Å². The first-order valence-corrected chi connectivity index (χ1v) is 23.4. The van der Waals surface area contributed by atoms with Gasteiger partial charge in [0.15, 0.2) is 6.10 Å². The van der Waals surface area contributed by atoms with E-state index in [1.54, 1.807) is 52.2 Å². The number of nitrogens with one attached hydrogen (secondary N) is 1. The van der Waals surface area contributed by atoms with E-state index in [-0.39, 0.29) is 66.1 Å². The Morgan fingerprint density at radius 1 is 0.828 bits per heavy atom. The average molecular weight is 909 g/mol. The number of imide groups is 2. The zero-order valence-corrected chi connectivity index (χ0v) is 38.9. The van der Waals surface area contributed by atoms with Crippen molar-refractivity contribution >= 4 is 57.6 Å². The monoisotopic (exact) mass is 908 g/mol. The van der Waals surface area contributed by atoms with E-state index < -0.39 is 21.5 Å². The number of amides is 4. The highest BCUT2D eigenvalue weighted by atomic mass is 32.2. The second kappa shape index (κ2) is 21.4. The smallest absolute Gasteiger partial charge is 0.311 e. The molecule has 2 unspecified atom stereocenters. The Morgan fingerprint density at radius 3 is 2.03 bits per heavy atom. The zero-order chi connectivity index (χ0) is 46.0. The number of carbonyl (C=O) groups excluding carboxylic acids is 6. The highest BCUT2D eigenvalue weighted by Crippen LogP contribution is 2.35. The fourth-order valence-corrected chi connectivity index (χ4v) is 9.16. The summed E-state index contributed by atoms with van der Waals surface area (Å²) in [4.78, 5) is 86.5. The van der Waals surface area contributed by atoms with Crippen molar-refractivity contribution in [2.45, 2.75) is 109 Å². The van der Waals surface area contributed by atoms with Gasteiger partial charge in [0, 0.05) is 61.1 Å². The predicted molar refractivity (Wildman–Crippen MR) is 246 cm³/mol. The van der Waals surface area contributed by atoms with Crippen LogP contribution in [0, 0.1) is 5.41 Å². The molecule has 0 radical (unpaired) electrons. The molecule has 64 heavy (non-hydrogen) atoms.